The predicted molar refractivity (Wildman–Crippen MR) is 125 cm³/mol. The van der Waals surface area contributed by atoms with E-state index in [1.165, 1.54) is 16.9 Å². The normalized spacial score (nSPS) is 13.3. The van der Waals surface area contributed by atoms with Crippen molar-refractivity contribution < 1.29 is 4.79 Å². The van der Waals surface area contributed by atoms with Crippen LogP contribution in [0.15, 0.2) is 41.7 Å². The van der Waals surface area contributed by atoms with Gasteiger partial charge in [-0.2, -0.15) is 0 Å². The summed E-state index contributed by atoms with van der Waals surface area (Å²) in [5.41, 5.74) is 2.70. The Morgan fingerprint density at radius 1 is 1.19 bits per heavy atom. The molecule has 1 aliphatic carbocycles. The number of amides is 1. The van der Waals surface area contributed by atoms with Gasteiger partial charge in [0.1, 0.15) is 11.2 Å². The highest BCUT2D eigenvalue weighted by Crippen LogP contribution is 2.33. The quantitative estimate of drug-likeness (QED) is 0.486. The Labute approximate surface area is 188 Å². The minimum Gasteiger partial charge on any atom is -0.326 e. The van der Waals surface area contributed by atoms with Gasteiger partial charge < -0.3 is 9.88 Å². The number of fused-ring (bicyclic) bond motifs is 3. The van der Waals surface area contributed by atoms with Gasteiger partial charge in [0, 0.05) is 35.6 Å². The van der Waals surface area contributed by atoms with Crippen LogP contribution in [0.3, 0.4) is 0 Å². The zero-order valence-electron chi connectivity index (χ0n) is 17.9. The van der Waals surface area contributed by atoms with Crippen molar-refractivity contribution in [3.63, 3.8) is 0 Å². The molecule has 0 bridgehead atoms. The van der Waals surface area contributed by atoms with E-state index in [-0.39, 0.29) is 17.9 Å². The Balaban J connectivity index is 1.30. The van der Waals surface area contributed by atoms with Crippen molar-refractivity contribution in [1.82, 2.24) is 24.3 Å². The van der Waals surface area contributed by atoms with Crippen molar-refractivity contribution in [1.29, 1.82) is 0 Å². The largest absolute Gasteiger partial charge is 0.326 e. The smallest absolute Gasteiger partial charge is 0.262 e. The molecule has 32 heavy (non-hydrogen) atoms. The molecule has 1 amide bonds. The molecule has 3 heterocycles. The first-order valence-corrected chi connectivity index (χ1v) is 11.7. The number of aromatic nitrogens is 5. The van der Waals surface area contributed by atoms with Crippen LogP contribution in [0.25, 0.3) is 21.6 Å². The van der Waals surface area contributed by atoms with Crippen LogP contribution in [0.1, 0.15) is 36.6 Å². The fourth-order valence-corrected chi connectivity index (χ4v) is 5.45. The molecule has 3 aromatic heterocycles. The number of carbonyl (C=O) groups is 1. The zero-order chi connectivity index (χ0) is 22.1. The van der Waals surface area contributed by atoms with E-state index in [0.29, 0.717) is 12.2 Å². The molecule has 164 valence electrons. The Morgan fingerprint density at radius 3 is 2.94 bits per heavy atom. The molecule has 8 nitrogen and oxygen atoms in total. The minimum atomic E-state index is -0.154. The van der Waals surface area contributed by atoms with Gasteiger partial charge in [-0.15, -0.1) is 21.5 Å². The first kappa shape index (κ1) is 20.6. The van der Waals surface area contributed by atoms with E-state index in [4.69, 9.17) is 0 Å². The molecule has 0 atom stereocenters. The number of nitrogens with zero attached hydrogens (tertiary/aromatic N) is 5. The van der Waals surface area contributed by atoms with Gasteiger partial charge in [-0.25, -0.2) is 4.98 Å². The number of carbonyl (C=O) groups excluding carboxylic acids is 1. The molecule has 0 saturated carbocycles. The maximum absolute atomic E-state index is 13.1. The van der Waals surface area contributed by atoms with Gasteiger partial charge >= 0.3 is 0 Å². The average Bonchev–Trinajstić information content (AvgIpc) is 3.43. The Bertz CT molecular complexity index is 1350. The van der Waals surface area contributed by atoms with Crippen LogP contribution in [-0.4, -0.2) is 30.2 Å². The lowest BCUT2D eigenvalue weighted by atomic mass is 9.97. The second kappa shape index (κ2) is 8.66. The van der Waals surface area contributed by atoms with Gasteiger partial charge in [-0.1, -0.05) is 12.1 Å². The third-order valence-corrected chi connectivity index (χ3v) is 7.08. The highest BCUT2D eigenvalue weighted by atomic mass is 32.1. The van der Waals surface area contributed by atoms with Gasteiger partial charge in [0.15, 0.2) is 5.82 Å². The average molecular weight is 449 g/mol. The van der Waals surface area contributed by atoms with Gasteiger partial charge in [-0.3, -0.25) is 14.2 Å². The number of hydrogen-bond acceptors (Lipinski definition) is 6. The monoisotopic (exact) mass is 448 g/mol. The van der Waals surface area contributed by atoms with Crippen molar-refractivity contribution in [2.24, 2.45) is 0 Å². The molecule has 1 aromatic carbocycles. The molecule has 0 saturated heterocycles. The molecule has 0 aliphatic heterocycles. The van der Waals surface area contributed by atoms with Crippen LogP contribution in [0.2, 0.25) is 0 Å². The lowest BCUT2D eigenvalue weighted by Gasteiger charge is -2.11. The fraction of sp³-hybridized carbons (Fsp3) is 0.348. The Morgan fingerprint density at radius 2 is 2.06 bits per heavy atom. The lowest BCUT2D eigenvalue weighted by Crippen LogP contribution is -2.24. The number of nitrogens with one attached hydrogen (secondary N) is 1. The van der Waals surface area contributed by atoms with E-state index >= 15 is 0 Å². The van der Waals surface area contributed by atoms with E-state index in [1.54, 1.807) is 28.6 Å². The van der Waals surface area contributed by atoms with Gasteiger partial charge in [0.2, 0.25) is 5.91 Å². The number of rotatable bonds is 6. The van der Waals surface area contributed by atoms with Crippen LogP contribution in [0.5, 0.6) is 0 Å². The second-order valence-corrected chi connectivity index (χ2v) is 9.04. The van der Waals surface area contributed by atoms with Crippen LogP contribution >= 0.6 is 11.3 Å². The molecule has 0 fully saturated rings. The number of aryl methyl sites for hydroxylation is 4. The van der Waals surface area contributed by atoms with Crippen molar-refractivity contribution in [3.05, 3.63) is 57.7 Å². The highest BCUT2D eigenvalue weighted by molar-refractivity contribution is 7.18. The van der Waals surface area contributed by atoms with Crippen LogP contribution in [0.4, 0.5) is 5.69 Å². The molecule has 5 rings (SSSR count). The maximum Gasteiger partial charge on any atom is 0.262 e. The molecule has 0 unspecified atom stereocenters. The zero-order valence-corrected chi connectivity index (χ0v) is 18.7. The summed E-state index contributed by atoms with van der Waals surface area (Å²) in [6, 6.07) is 7.53. The minimum absolute atomic E-state index is 0.0388. The number of thiophene rings is 1. The standard InChI is InChI=1S/C23H24N6O2S/c1-2-28-14-25-27-21(28)15-6-5-7-16(12-15)26-19(30)10-11-29-13-24-22-20(23(29)31)17-8-3-4-9-18(17)32-22/h5-7,12-14H,2-4,8-11H2,1H3,(H,26,30). The van der Waals surface area contributed by atoms with Crippen molar-refractivity contribution >= 4 is 33.1 Å². The third kappa shape index (κ3) is 3.84. The molecule has 0 spiro atoms. The summed E-state index contributed by atoms with van der Waals surface area (Å²) >= 11 is 1.64. The molecular formula is C23H24N6O2S. The maximum atomic E-state index is 13.1. The van der Waals surface area contributed by atoms with E-state index < -0.39 is 0 Å². The molecule has 9 heteroatoms. The Kier molecular flexibility index (Phi) is 5.57. The molecule has 0 radical (unpaired) electrons. The summed E-state index contributed by atoms with van der Waals surface area (Å²) in [7, 11) is 0. The van der Waals surface area contributed by atoms with Crippen LogP contribution in [0, 0.1) is 0 Å². The number of hydrogen-bond donors (Lipinski definition) is 1. The fourth-order valence-electron chi connectivity index (χ4n) is 4.23. The van der Waals surface area contributed by atoms with Gasteiger partial charge in [0.05, 0.1) is 11.7 Å². The first-order chi connectivity index (χ1) is 15.6. The van der Waals surface area contributed by atoms with Crippen LogP contribution in [-0.2, 0) is 30.7 Å². The lowest BCUT2D eigenvalue weighted by molar-refractivity contribution is -0.116. The van der Waals surface area contributed by atoms with Crippen molar-refractivity contribution in [2.45, 2.75) is 52.1 Å². The second-order valence-electron chi connectivity index (χ2n) is 7.95. The predicted octanol–water partition coefficient (Wildman–Crippen LogP) is 3.64. The molecule has 1 aliphatic rings. The van der Waals surface area contributed by atoms with Gasteiger partial charge in [0.25, 0.3) is 5.56 Å². The SMILES string of the molecule is CCn1cnnc1-c1cccc(NC(=O)CCn2cnc3sc4c(c3c2=O)CCCC4)c1. The van der Waals surface area contributed by atoms with E-state index in [9.17, 15) is 9.59 Å². The summed E-state index contributed by atoms with van der Waals surface area (Å²) < 4.78 is 3.50. The summed E-state index contributed by atoms with van der Waals surface area (Å²) in [5.74, 6) is 0.604. The molecule has 4 aromatic rings. The molecule has 1 N–H and O–H groups in total. The Hall–Kier alpha value is -3.33. The number of benzene rings is 1. The summed E-state index contributed by atoms with van der Waals surface area (Å²) in [5, 5.41) is 11.8. The highest BCUT2D eigenvalue weighted by Gasteiger charge is 2.20. The topological polar surface area (TPSA) is 94.7 Å². The number of anilines is 1. The van der Waals surface area contributed by atoms with E-state index in [0.717, 1.165) is 47.4 Å². The molecular weight excluding hydrogens is 424 g/mol. The van der Waals surface area contributed by atoms with Crippen LogP contribution < -0.4 is 10.9 Å². The first-order valence-electron chi connectivity index (χ1n) is 10.9. The van der Waals surface area contributed by atoms with Crippen molar-refractivity contribution in [2.75, 3.05) is 5.32 Å². The van der Waals surface area contributed by atoms with Gasteiger partial charge in [-0.05, 0) is 50.3 Å². The summed E-state index contributed by atoms with van der Waals surface area (Å²) in [4.78, 5) is 32.3. The van der Waals surface area contributed by atoms with E-state index in [2.05, 4.69) is 20.5 Å². The van der Waals surface area contributed by atoms with E-state index in [1.807, 2.05) is 35.8 Å². The summed E-state index contributed by atoms with van der Waals surface area (Å²) in [6.45, 7) is 3.08. The van der Waals surface area contributed by atoms with Crippen molar-refractivity contribution in [3.8, 4) is 11.4 Å². The third-order valence-electron chi connectivity index (χ3n) is 5.88. The summed E-state index contributed by atoms with van der Waals surface area (Å²) in [6.07, 6.45) is 7.71.